The van der Waals surface area contributed by atoms with Crippen molar-refractivity contribution in [2.24, 2.45) is 0 Å². The molecule has 184 valence electrons. The molecule has 0 rings (SSSR count). The van der Waals surface area contributed by atoms with E-state index in [1.165, 1.54) is 0 Å². The lowest BCUT2D eigenvalue weighted by Gasteiger charge is -2.35. The summed E-state index contributed by atoms with van der Waals surface area (Å²) in [6, 6.07) is 0. The highest BCUT2D eigenvalue weighted by Gasteiger charge is 2.25. The maximum atomic E-state index is 3.98. The number of hydrogen-bond acceptors (Lipinski definition) is 2. The smallest absolute Gasteiger partial charge is 0.0130 e. The summed E-state index contributed by atoms with van der Waals surface area (Å²) in [5.74, 6) is 0. The van der Waals surface area contributed by atoms with Crippen LogP contribution in [0.25, 0.3) is 0 Å². The molecule has 6 heteroatoms. The van der Waals surface area contributed by atoms with Gasteiger partial charge in [0.05, 0.1) is 0 Å². The van der Waals surface area contributed by atoms with Crippen molar-refractivity contribution in [1.29, 1.82) is 0 Å². The third kappa shape index (κ3) is 14.0. The molecule has 0 aliphatic carbocycles. The SMILES string of the molecule is CC(C)P(NP(C(C)C)C(C)C)C(C)C.CC(C)P(NP(C(C)C)C(C)C)C(C)C. The lowest BCUT2D eigenvalue weighted by molar-refractivity contribution is 0.966. The molecule has 0 aromatic rings. The fourth-order valence-corrected chi connectivity index (χ4v) is 17.9. The van der Waals surface area contributed by atoms with E-state index in [2.05, 4.69) is 120 Å². The zero-order valence-corrected chi connectivity index (χ0v) is 27.0. The molecule has 0 fully saturated rings. The van der Waals surface area contributed by atoms with Crippen LogP contribution in [0.4, 0.5) is 0 Å². The second kappa shape index (κ2) is 17.1. The van der Waals surface area contributed by atoms with Gasteiger partial charge in [0.1, 0.15) is 0 Å². The lowest BCUT2D eigenvalue weighted by atomic mass is 10.5. The highest BCUT2D eigenvalue weighted by atomic mass is 31.2. The normalized spacial score (nSPS) is 13.2. The molecule has 0 bridgehead atoms. The monoisotopic (exact) mass is 498 g/mol. The van der Waals surface area contributed by atoms with Gasteiger partial charge in [-0.15, -0.1) is 0 Å². The molecule has 0 saturated heterocycles. The first-order valence-electron chi connectivity index (χ1n) is 12.2. The summed E-state index contributed by atoms with van der Waals surface area (Å²) in [5.41, 5.74) is 6.35. The molecule has 0 aliphatic rings. The largest absolute Gasteiger partial charge is 0.273 e. The highest BCUT2D eigenvalue weighted by Crippen LogP contribution is 2.55. The Hall–Kier alpha value is 1.64. The van der Waals surface area contributed by atoms with Crippen molar-refractivity contribution in [1.82, 2.24) is 9.72 Å². The van der Waals surface area contributed by atoms with Crippen molar-refractivity contribution in [3.8, 4) is 0 Å². The van der Waals surface area contributed by atoms with Crippen LogP contribution >= 0.6 is 32.3 Å². The van der Waals surface area contributed by atoms with Crippen LogP contribution < -0.4 is 9.72 Å². The predicted octanol–water partition coefficient (Wildman–Crippen LogP) is 10.0. The average molecular weight is 499 g/mol. The third-order valence-electron chi connectivity index (χ3n) is 4.91. The lowest BCUT2D eigenvalue weighted by Crippen LogP contribution is -2.21. The van der Waals surface area contributed by atoms with Crippen LogP contribution in [0.5, 0.6) is 0 Å². The van der Waals surface area contributed by atoms with Gasteiger partial charge < -0.3 is 0 Å². The van der Waals surface area contributed by atoms with Gasteiger partial charge in [-0.25, -0.2) is 0 Å². The van der Waals surface area contributed by atoms with Gasteiger partial charge in [0.2, 0.25) is 0 Å². The highest BCUT2D eigenvalue weighted by molar-refractivity contribution is 7.72. The van der Waals surface area contributed by atoms with E-state index in [1.807, 2.05) is 0 Å². The fraction of sp³-hybridized carbons (Fsp3) is 1.00. The molecular formula is C24H58N2P4. The third-order valence-corrected chi connectivity index (χ3v) is 17.5. The van der Waals surface area contributed by atoms with E-state index in [0.29, 0.717) is 0 Å². The molecule has 0 aromatic carbocycles. The molecule has 0 unspecified atom stereocenters. The first-order valence-corrected chi connectivity index (χ1v) is 18.1. The van der Waals surface area contributed by atoms with Crippen LogP contribution in [0.15, 0.2) is 0 Å². The van der Waals surface area contributed by atoms with Crippen LogP contribution in [-0.2, 0) is 0 Å². The Morgan fingerprint density at radius 1 is 0.267 bits per heavy atom. The average Bonchev–Trinajstić information content (AvgIpc) is 2.53. The Morgan fingerprint density at radius 3 is 0.433 bits per heavy atom. The van der Waals surface area contributed by atoms with Crippen LogP contribution in [0.2, 0.25) is 0 Å². The Morgan fingerprint density at radius 2 is 0.367 bits per heavy atom. The van der Waals surface area contributed by atoms with Gasteiger partial charge >= 0.3 is 0 Å². The van der Waals surface area contributed by atoms with Gasteiger partial charge in [0.15, 0.2) is 0 Å². The Labute approximate surface area is 197 Å². The topological polar surface area (TPSA) is 24.1 Å². The van der Waals surface area contributed by atoms with Gasteiger partial charge in [-0.05, 0) is 77.6 Å². The molecule has 0 amide bonds. The molecule has 0 saturated carbocycles. The first-order chi connectivity index (χ1) is 13.5. The zero-order valence-electron chi connectivity index (χ0n) is 23.4. The maximum Gasteiger partial charge on any atom is -0.0130 e. The fourth-order valence-electron chi connectivity index (χ4n) is 3.58. The van der Waals surface area contributed by atoms with E-state index < -0.39 is 0 Å². The van der Waals surface area contributed by atoms with Gasteiger partial charge in [0.25, 0.3) is 0 Å². The molecule has 30 heavy (non-hydrogen) atoms. The molecule has 0 heterocycles. The summed E-state index contributed by atoms with van der Waals surface area (Å²) in [4.78, 5) is 7.96. The van der Waals surface area contributed by atoms with Gasteiger partial charge in [-0.3, -0.25) is 9.72 Å². The van der Waals surface area contributed by atoms with Gasteiger partial charge in [-0.2, -0.15) is 0 Å². The molecule has 0 spiro atoms. The van der Waals surface area contributed by atoms with Crippen LogP contribution in [0, 0.1) is 0 Å². The predicted molar refractivity (Wildman–Crippen MR) is 155 cm³/mol. The Bertz CT molecular complexity index is 304. The minimum atomic E-state index is -0.00412. The summed E-state index contributed by atoms with van der Waals surface area (Å²) in [7, 11) is -0.0165. The minimum absolute atomic E-state index is 0.00412. The number of nitrogens with one attached hydrogen (secondary N) is 2. The van der Waals surface area contributed by atoms with Crippen molar-refractivity contribution in [2.45, 2.75) is 156 Å². The number of rotatable bonds is 12. The first kappa shape index (κ1) is 33.8. The quantitative estimate of drug-likeness (QED) is 0.262. The summed E-state index contributed by atoms with van der Waals surface area (Å²) in [5, 5.41) is 0. The molecule has 0 radical (unpaired) electrons. The van der Waals surface area contributed by atoms with Crippen molar-refractivity contribution in [2.75, 3.05) is 0 Å². The van der Waals surface area contributed by atoms with Crippen molar-refractivity contribution >= 4 is 32.3 Å². The van der Waals surface area contributed by atoms with E-state index in [4.69, 9.17) is 0 Å². The van der Waals surface area contributed by atoms with Gasteiger partial charge in [0, 0.05) is 0 Å². The van der Waals surface area contributed by atoms with Crippen LogP contribution in [0.3, 0.4) is 0 Å². The summed E-state index contributed by atoms with van der Waals surface area (Å²) >= 11 is 0. The van der Waals surface area contributed by atoms with E-state index in [9.17, 15) is 0 Å². The second-order valence-electron chi connectivity index (χ2n) is 10.6. The van der Waals surface area contributed by atoms with Crippen molar-refractivity contribution < 1.29 is 0 Å². The molecular weight excluding hydrogens is 440 g/mol. The van der Waals surface area contributed by atoms with Gasteiger partial charge in [-0.1, -0.05) is 111 Å². The van der Waals surface area contributed by atoms with E-state index in [1.54, 1.807) is 0 Å². The zero-order chi connectivity index (χ0) is 24.3. The summed E-state index contributed by atoms with van der Waals surface area (Å²) in [6.45, 7) is 37.7. The Balaban J connectivity index is 0. The maximum absolute atomic E-state index is 3.98. The molecule has 0 atom stereocenters. The Kier molecular flexibility index (Phi) is 19.3. The van der Waals surface area contributed by atoms with Crippen molar-refractivity contribution in [3.05, 3.63) is 0 Å². The second-order valence-corrected chi connectivity index (χ2v) is 23.7. The summed E-state index contributed by atoms with van der Waals surface area (Å²) in [6.07, 6.45) is 0. The van der Waals surface area contributed by atoms with Crippen LogP contribution in [-0.4, -0.2) is 45.3 Å². The van der Waals surface area contributed by atoms with E-state index >= 15 is 0 Å². The molecule has 2 nitrogen and oxygen atoms in total. The van der Waals surface area contributed by atoms with Crippen LogP contribution in [0.1, 0.15) is 111 Å². The molecule has 0 aliphatic heterocycles. The van der Waals surface area contributed by atoms with Crippen molar-refractivity contribution in [3.63, 3.8) is 0 Å². The minimum Gasteiger partial charge on any atom is -0.273 e. The van der Waals surface area contributed by atoms with E-state index in [-0.39, 0.29) is 32.3 Å². The summed E-state index contributed by atoms with van der Waals surface area (Å²) < 4.78 is 0. The van der Waals surface area contributed by atoms with E-state index in [0.717, 1.165) is 45.3 Å². The standard InChI is InChI=1S/2C12H29NP2/c2*1-9(2)14(10(3)4)13-15(11(5)6)12(7)8/h2*9-13H,1-8H3. The molecule has 0 aromatic heterocycles. The molecule has 2 N–H and O–H groups in total. The number of hydrogen-bond donors (Lipinski definition) is 2.